The van der Waals surface area contributed by atoms with E-state index in [1.807, 2.05) is 0 Å². The van der Waals surface area contributed by atoms with E-state index in [-0.39, 0.29) is 12.1 Å². The van der Waals surface area contributed by atoms with Gasteiger partial charge in [-0.25, -0.2) is 0 Å². The lowest BCUT2D eigenvalue weighted by Gasteiger charge is -2.58. The Bertz CT molecular complexity index is 812. The molecule has 2 nitrogen and oxygen atoms in total. The molecule has 9 atom stereocenters. The van der Waals surface area contributed by atoms with Gasteiger partial charge >= 0.3 is 5.97 Å². The highest BCUT2D eigenvalue weighted by molar-refractivity contribution is 5.70. The van der Waals surface area contributed by atoms with Crippen molar-refractivity contribution in [1.29, 1.82) is 0 Å². The summed E-state index contributed by atoms with van der Waals surface area (Å²) in [6.07, 6.45) is 22.6. The molecule has 0 unspecified atom stereocenters. The Labute approximate surface area is 236 Å². The number of fused-ring (bicyclic) bond motifs is 5. The minimum atomic E-state index is 0.0591. The van der Waals surface area contributed by atoms with Crippen molar-refractivity contribution >= 4 is 5.97 Å². The van der Waals surface area contributed by atoms with Gasteiger partial charge in [0.15, 0.2) is 0 Å². The van der Waals surface area contributed by atoms with E-state index in [4.69, 9.17) is 4.74 Å². The number of unbranched alkanes of at least 4 members (excludes halogenated alkanes) is 1. The van der Waals surface area contributed by atoms with Crippen LogP contribution in [0, 0.1) is 52.3 Å². The van der Waals surface area contributed by atoms with Gasteiger partial charge in [0.05, 0.1) is 0 Å². The smallest absolute Gasteiger partial charge is 0.306 e. The van der Waals surface area contributed by atoms with E-state index in [9.17, 15) is 4.79 Å². The number of hydrogen-bond acceptors (Lipinski definition) is 2. The number of rotatable bonds is 12. The average molecular weight is 527 g/mol. The first-order valence-corrected chi connectivity index (χ1v) is 17.0. The molecule has 0 bridgehead atoms. The van der Waals surface area contributed by atoms with Crippen LogP contribution in [-0.2, 0) is 9.53 Å². The number of hydrogen-bond donors (Lipinski definition) is 0. The van der Waals surface area contributed by atoms with Crippen LogP contribution in [0.25, 0.3) is 0 Å². The Kier molecular flexibility index (Phi) is 10.2. The van der Waals surface area contributed by atoms with Crippen molar-refractivity contribution in [2.75, 3.05) is 0 Å². The Balaban J connectivity index is 1.37. The molecule has 38 heavy (non-hydrogen) atoms. The van der Waals surface area contributed by atoms with Crippen LogP contribution in [0.1, 0.15) is 151 Å². The monoisotopic (exact) mass is 526 g/mol. The maximum Gasteiger partial charge on any atom is 0.306 e. The molecule has 0 aromatic heterocycles. The topological polar surface area (TPSA) is 26.3 Å². The second-order valence-electron chi connectivity index (χ2n) is 15.3. The molecule has 0 spiro atoms. The predicted molar refractivity (Wildman–Crippen MR) is 161 cm³/mol. The maximum absolute atomic E-state index is 12.8. The van der Waals surface area contributed by atoms with Crippen LogP contribution < -0.4 is 0 Å². The molecule has 3 fully saturated rings. The van der Waals surface area contributed by atoms with E-state index in [1.165, 1.54) is 70.6 Å². The molecular weight excluding hydrogens is 464 g/mol. The summed E-state index contributed by atoms with van der Waals surface area (Å²) >= 11 is 0. The fourth-order valence-corrected chi connectivity index (χ4v) is 10.2. The quantitative estimate of drug-likeness (QED) is 0.187. The van der Waals surface area contributed by atoms with E-state index in [1.54, 1.807) is 5.57 Å². The normalized spacial score (nSPS) is 38.1. The zero-order valence-corrected chi connectivity index (χ0v) is 26.3. The fraction of sp³-hybridized carbons (Fsp3) is 0.917. The lowest BCUT2D eigenvalue weighted by molar-refractivity contribution is -0.152. The summed E-state index contributed by atoms with van der Waals surface area (Å²) in [6.45, 7) is 17.1. The number of ether oxygens (including phenoxy) is 1. The first-order valence-electron chi connectivity index (χ1n) is 17.0. The minimum absolute atomic E-state index is 0.0591. The summed E-state index contributed by atoms with van der Waals surface area (Å²) in [5.41, 5.74) is 2.53. The highest BCUT2D eigenvalue weighted by atomic mass is 16.5. The molecule has 0 radical (unpaired) electrons. The second-order valence-corrected chi connectivity index (χ2v) is 15.3. The van der Waals surface area contributed by atoms with Crippen molar-refractivity contribution in [1.82, 2.24) is 0 Å². The second kappa shape index (κ2) is 12.8. The van der Waals surface area contributed by atoms with Crippen LogP contribution in [-0.4, -0.2) is 12.1 Å². The van der Waals surface area contributed by atoms with Gasteiger partial charge in [-0.05, 0) is 104 Å². The van der Waals surface area contributed by atoms with E-state index >= 15 is 0 Å². The standard InChI is InChI=1S/C36H62O2/c1-8-10-14-27(9-2)23-34(37)38-29-19-21-35(6)28(24-29)15-16-30-32-18-17-31(26(5)13-11-12-25(3)4)36(32,7)22-20-33(30)35/h15,25-27,29-33H,8-14,16-24H2,1-7H3/t26-,27-,29+,30+,31-,32+,33+,35+,36-/m1/s1. The number of carbonyl (C=O) groups is 1. The predicted octanol–water partition coefficient (Wildman–Crippen LogP) is 10.5. The van der Waals surface area contributed by atoms with Gasteiger partial charge in [0.1, 0.15) is 6.10 Å². The van der Waals surface area contributed by atoms with E-state index in [0.717, 1.165) is 61.2 Å². The van der Waals surface area contributed by atoms with Crippen molar-refractivity contribution < 1.29 is 9.53 Å². The number of allylic oxidation sites excluding steroid dienone is 1. The van der Waals surface area contributed by atoms with Crippen LogP contribution in [0.5, 0.6) is 0 Å². The molecule has 4 rings (SSSR count). The Morgan fingerprint density at radius 3 is 2.47 bits per heavy atom. The zero-order valence-electron chi connectivity index (χ0n) is 26.3. The molecule has 0 heterocycles. The van der Waals surface area contributed by atoms with Gasteiger partial charge in [0.25, 0.3) is 0 Å². The van der Waals surface area contributed by atoms with Gasteiger partial charge in [0.2, 0.25) is 0 Å². The number of esters is 1. The Morgan fingerprint density at radius 2 is 1.76 bits per heavy atom. The summed E-state index contributed by atoms with van der Waals surface area (Å²) in [7, 11) is 0. The molecule has 0 aromatic carbocycles. The highest BCUT2D eigenvalue weighted by Crippen LogP contribution is 2.67. The van der Waals surface area contributed by atoms with Gasteiger partial charge in [-0.15, -0.1) is 0 Å². The zero-order chi connectivity index (χ0) is 27.5. The van der Waals surface area contributed by atoms with Crippen molar-refractivity contribution in [3.63, 3.8) is 0 Å². The van der Waals surface area contributed by atoms with Gasteiger partial charge in [-0.2, -0.15) is 0 Å². The summed E-state index contributed by atoms with van der Waals surface area (Å²) in [6, 6.07) is 0. The molecule has 0 amide bonds. The fourth-order valence-electron chi connectivity index (χ4n) is 10.2. The van der Waals surface area contributed by atoms with Crippen LogP contribution in [0.4, 0.5) is 0 Å². The van der Waals surface area contributed by atoms with Crippen LogP contribution in [0.15, 0.2) is 11.6 Å². The third-order valence-corrected chi connectivity index (χ3v) is 12.6. The van der Waals surface area contributed by atoms with Crippen molar-refractivity contribution in [3.05, 3.63) is 11.6 Å². The Morgan fingerprint density at radius 1 is 0.974 bits per heavy atom. The molecule has 0 N–H and O–H groups in total. The molecule has 4 aliphatic rings. The SMILES string of the molecule is CCCC[C@@H](CC)CC(=O)O[C@H]1CC[C@@]2(C)C(=CC[C@H]3[C@@H]4CC[C@H]([C@H](C)CCCC(C)C)[C@@]4(C)CC[C@@H]32)C1. The summed E-state index contributed by atoms with van der Waals surface area (Å²) < 4.78 is 6.13. The van der Waals surface area contributed by atoms with Crippen LogP contribution in [0.2, 0.25) is 0 Å². The highest BCUT2D eigenvalue weighted by Gasteiger charge is 2.59. The third kappa shape index (κ3) is 6.25. The lowest BCUT2D eigenvalue weighted by Crippen LogP contribution is -2.51. The molecule has 0 saturated heterocycles. The van der Waals surface area contributed by atoms with E-state index in [0.29, 0.717) is 23.2 Å². The maximum atomic E-state index is 12.8. The number of carbonyl (C=O) groups excluding carboxylic acids is 1. The molecule has 2 heteroatoms. The van der Waals surface area contributed by atoms with Crippen molar-refractivity contribution in [3.8, 4) is 0 Å². The van der Waals surface area contributed by atoms with E-state index in [2.05, 4.69) is 54.5 Å². The molecule has 0 aliphatic heterocycles. The average Bonchev–Trinajstić information content (AvgIpc) is 3.23. The lowest BCUT2D eigenvalue weighted by atomic mass is 9.47. The first-order chi connectivity index (χ1) is 18.1. The minimum Gasteiger partial charge on any atom is -0.462 e. The van der Waals surface area contributed by atoms with E-state index < -0.39 is 0 Å². The molecule has 218 valence electrons. The van der Waals surface area contributed by atoms with Gasteiger partial charge in [0, 0.05) is 12.8 Å². The van der Waals surface area contributed by atoms with Gasteiger partial charge in [-0.3, -0.25) is 4.79 Å². The first kappa shape index (κ1) is 30.2. The van der Waals surface area contributed by atoms with Gasteiger partial charge in [-0.1, -0.05) is 98.6 Å². The molecule has 3 saturated carbocycles. The van der Waals surface area contributed by atoms with Crippen molar-refractivity contribution in [2.45, 2.75) is 157 Å². The summed E-state index contributed by atoms with van der Waals surface area (Å²) in [5.74, 6) is 5.83. The summed E-state index contributed by atoms with van der Waals surface area (Å²) in [5, 5.41) is 0. The Hall–Kier alpha value is -0.790. The molecular formula is C36H62O2. The van der Waals surface area contributed by atoms with Crippen LogP contribution in [0.3, 0.4) is 0 Å². The van der Waals surface area contributed by atoms with Gasteiger partial charge < -0.3 is 4.74 Å². The van der Waals surface area contributed by atoms with Crippen LogP contribution >= 0.6 is 0 Å². The van der Waals surface area contributed by atoms with Crippen molar-refractivity contribution in [2.24, 2.45) is 52.3 Å². The largest absolute Gasteiger partial charge is 0.462 e. The third-order valence-electron chi connectivity index (χ3n) is 12.6. The summed E-state index contributed by atoms with van der Waals surface area (Å²) in [4.78, 5) is 12.8. The molecule has 4 aliphatic carbocycles. The molecule has 0 aromatic rings.